The number of alkyl halides is 3. The fourth-order valence-electron chi connectivity index (χ4n) is 9.12. The van der Waals surface area contributed by atoms with Crippen LogP contribution in [0, 0.1) is 25.2 Å². The maximum atomic E-state index is 14.2. The first-order chi connectivity index (χ1) is 27.2. The molecule has 4 aliphatic heterocycles. The minimum Gasteiger partial charge on any atom is -0.493 e. The molecule has 310 valence electrons. The van der Waals surface area contributed by atoms with Gasteiger partial charge in [0, 0.05) is 68.6 Å². The minimum atomic E-state index is -5.53. The van der Waals surface area contributed by atoms with Crippen LogP contribution in [0.4, 0.5) is 13.2 Å². The second-order valence-corrected chi connectivity index (χ2v) is 14.8. The summed E-state index contributed by atoms with van der Waals surface area (Å²) in [5.41, 5.74) is 3.11. The zero-order valence-electron chi connectivity index (χ0n) is 33.2. The number of ether oxygens (including phenoxy) is 5. The fraction of sp³-hybridized carbons (Fsp3) is 0.513. The lowest BCUT2D eigenvalue weighted by Gasteiger charge is -2.60. The molecule has 2 bridgehead atoms. The number of amides is 4. The zero-order valence-corrected chi connectivity index (χ0v) is 33.2. The van der Waals surface area contributed by atoms with Gasteiger partial charge < -0.3 is 23.7 Å². The molecule has 4 heterocycles. The molecule has 0 spiro atoms. The number of imide groups is 2. The summed E-state index contributed by atoms with van der Waals surface area (Å²) in [5, 5.41) is 11.0. The molecule has 58 heavy (non-hydrogen) atoms. The molecule has 4 amide bonds. The number of benzene rings is 2. The van der Waals surface area contributed by atoms with Crippen LogP contribution in [-0.2, 0) is 41.6 Å². The van der Waals surface area contributed by atoms with Crippen molar-refractivity contribution < 1.29 is 65.6 Å². The predicted octanol–water partition coefficient (Wildman–Crippen LogP) is 3.36. The van der Waals surface area contributed by atoms with Crippen LogP contribution in [-0.4, -0.2) is 113 Å². The number of nitrogens with zero attached hydrogens (tertiary/aromatic N) is 5. The van der Waals surface area contributed by atoms with E-state index in [0.717, 1.165) is 19.4 Å². The summed E-state index contributed by atoms with van der Waals surface area (Å²) < 4.78 is 70.3. The molecule has 2 aromatic carbocycles. The van der Waals surface area contributed by atoms with Gasteiger partial charge in [-0.3, -0.25) is 48.4 Å². The number of carbonyl (C=O) groups is 6. The lowest BCUT2D eigenvalue weighted by Crippen LogP contribution is -2.69. The van der Waals surface area contributed by atoms with E-state index in [2.05, 4.69) is 6.07 Å². The van der Waals surface area contributed by atoms with Crippen LogP contribution in [0.1, 0.15) is 80.1 Å². The molecule has 0 radical (unpaired) electrons. The summed E-state index contributed by atoms with van der Waals surface area (Å²) in [5.74, 6) is -6.63. The molecule has 16 nitrogen and oxygen atoms in total. The Morgan fingerprint density at radius 2 is 1.55 bits per heavy atom. The van der Waals surface area contributed by atoms with E-state index in [1.54, 1.807) is 18.7 Å². The molecule has 2 unspecified atom stereocenters. The average molecular weight is 814 g/mol. The van der Waals surface area contributed by atoms with Gasteiger partial charge in [-0.1, -0.05) is 6.07 Å². The Kier molecular flexibility index (Phi) is 11.0. The Hall–Kier alpha value is -5.74. The Bertz CT molecular complexity index is 2190. The molecule has 4 aliphatic rings. The van der Waals surface area contributed by atoms with Crippen LogP contribution in [0.2, 0.25) is 0 Å². The normalized spacial score (nSPS) is 22.3. The van der Waals surface area contributed by atoms with Crippen LogP contribution in [0.3, 0.4) is 0 Å². The van der Waals surface area contributed by atoms with E-state index in [1.165, 1.54) is 21.0 Å². The van der Waals surface area contributed by atoms with Gasteiger partial charge in [-0.05, 0) is 51.8 Å². The summed E-state index contributed by atoms with van der Waals surface area (Å²) in [6, 6.07) is -1.98. The van der Waals surface area contributed by atoms with Crippen molar-refractivity contribution in [3.8, 4) is 34.8 Å². The van der Waals surface area contributed by atoms with Crippen molar-refractivity contribution in [3.05, 3.63) is 39.4 Å². The molecule has 0 saturated carbocycles. The van der Waals surface area contributed by atoms with Gasteiger partial charge in [-0.2, -0.15) is 18.4 Å². The van der Waals surface area contributed by atoms with E-state index in [1.807, 2.05) is 18.0 Å². The summed E-state index contributed by atoms with van der Waals surface area (Å²) in [6.45, 7) is 7.58. The largest absolute Gasteiger partial charge is 0.493 e. The Morgan fingerprint density at radius 1 is 0.931 bits per heavy atom. The number of fused-ring (bicyclic) bond motifs is 9. The quantitative estimate of drug-likeness (QED) is 0.293. The summed E-state index contributed by atoms with van der Waals surface area (Å²) in [4.78, 5) is 82.1. The number of piperazine rings is 1. The van der Waals surface area contributed by atoms with E-state index < -0.39 is 84.5 Å². The van der Waals surface area contributed by atoms with Crippen molar-refractivity contribution in [2.75, 3.05) is 27.5 Å². The van der Waals surface area contributed by atoms with Gasteiger partial charge in [0.15, 0.2) is 23.0 Å². The number of methoxy groups -OCH3 is 1. The minimum absolute atomic E-state index is 0.0591. The van der Waals surface area contributed by atoms with Gasteiger partial charge >= 0.3 is 24.0 Å². The van der Waals surface area contributed by atoms with Crippen LogP contribution in [0.5, 0.6) is 28.7 Å². The lowest BCUT2D eigenvalue weighted by molar-refractivity contribution is -0.191. The lowest BCUT2D eigenvalue weighted by atomic mass is 9.71. The molecule has 6 atom stereocenters. The van der Waals surface area contributed by atoms with Crippen LogP contribution in [0.25, 0.3) is 0 Å². The molecule has 0 aromatic heterocycles. The second-order valence-electron chi connectivity index (χ2n) is 14.8. The monoisotopic (exact) mass is 813 g/mol. The predicted molar refractivity (Wildman–Crippen MR) is 193 cm³/mol. The first kappa shape index (κ1) is 41.9. The van der Waals surface area contributed by atoms with E-state index in [0.29, 0.717) is 39.8 Å². The number of halogens is 3. The molecule has 2 aromatic rings. The standard InChI is InChI=1S/C39H42F3N5O11/c1-16-10-23-11-25-27(13-43)47-26(31(44(25)8)29(23)36(32(16)54-9)58-22(7)51)12-24-30(35-34(55-15-56-35)17(2)33(24)57-21(6)50)28(47)14-45(19(4)48)37(52)18(3)46(20(5)49)38(53)39(40,41)42/h10,18,25-28,31H,11-12,14-15H2,1-9H3/t18-,25+,26?,27-,28-,31?/m0/s1. The van der Waals surface area contributed by atoms with Crippen LogP contribution >= 0.6 is 0 Å². The fourth-order valence-corrected chi connectivity index (χ4v) is 9.12. The van der Waals surface area contributed by atoms with Gasteiger partial charge in [0.1, 0.15) is 17.8 Å². The molecule has 6 rings (SSSR count). The topological polar surface area (TPSA) is 185 Å². The van der Waals surface area contributed by atoms with Gasteiger partial charge in [-0.15, -0.1) is 0 Å². The van der Waals surface area contributed by atoms with Crippen molar-refractivity contribution in [1.29, 1.82) is 5.26 Å². The number of esters is 2. The molecule has 0 aliphatic carbocycles. The number of nitriles is 1. The van der Waals surface area contributed by atoms with Crippen molar-refractivity contribution in [2.24, 2.45) is 0 Å². The third kappa shape index (κ3) is 6.77. The highest BCUT2D eigenvalue weighted by Crippen LogP contribution is 2.58. The molecule has 19 heteroatoms. The molecular formula is C39H42F3N5O11. The number of carbonyl (C=O) groups excluding carboxylic acids is 6. The van der Waals surface area contributed by atoms with Crippen LogP contribution in [0.15, 0.2) is 6.07 Å². The SMILES string of the molecule is COc1c(C)cc2c(c1OC(C)=O)C1C3Cc4c(OC(C)=O)c(C)c5c(c4[C@H](CN(C(C)=O)C(=O)[C@H](C)N(C(C)=O)C(=O)C(F)(F)F)N3[C@@H](C#N)[C@@H](C2)N1C)OCO5. The Morgan fingerprint density at radius 3 is 2.10 bits per heavy atom. The number of aryl methyl sites for hydroxylation is 1. The summed E-state index contributed by atoms with van der Waals surface area (Å²) in [7, 11) is 3.25. The Balaban J connectivity index is 1.62. The molecule has 1 saturated heterocycles. The highest BCUT2D eigenvalue weighted by atomic mass is 19.4. The highest BCUT2D eigenvalue weighted by Gasteiger charge is 2.58. The Labute approximate surface area is 331 Å². The first-order valence-corrected chi connectivity index (χ1v) is 18.3. The molecule has 0 N–H and O–H groups in total. The summed E-state index contributed by atoms with van der Waals surface area (Å²) in [6.07, 6.45) is -5.20. The van der Waals surface area contributed by atoms with Crippen molar-refractivity contribution in [2.45, 2.75) is 104 Å². The maximum absolute atomic E-state index is 14.2. The molecular weight excluding hydrogens is 771 g/mol. The van der Waals surface area contributed by atoms with Gasteiger partial charge in [0.05, 0.1) is 25.3 Å². The third-order valence-corrected chi connectivity index (χ3v) is 11.3. The smallest absolute Gasteiger partial charge is 0.471 e. The van der Waals surface area contributed by atoms with Crippen molar-refractivity contribution in [3.63, 3.8) is 0 Å². The zero-order chi connectivity index (χ0) is 42.9. The van der Waals surface area contributed by atoms with E-state index >= 15 is 0 Å². The number of hydrogen-bond donors (Lipinski definition) is 0. The van der Waals surface area contributed by atoms with Crippen molar-refractivity contribution in [1.82, 2.24) is 19.6 Å². The van der Waals surface area contributed by atoms with Crippen LogP contribution < -0.4 is 23.7 Å². The van der Waals surface area contributed by atoms with E-state index in [-0.39, 0.29) is 53.1 Å². The van der Waals surface area contributed by atoms with Gasteiger partial charge in [0.2, 0.25) is 18.6 Å². The third-order valence-electron chi connectivity index (χ3n) is 11.3. The first-order valence-electron chi connectivity index (χ1n) is 18.3. The average Bonchev–Trinajstić information content (AvgIpc) is 3.61. The van der Waals surface area contributed by atoms with E-state index in [4.69, 9.17) is 23.7 Å². The maximum Gasteiger partial charge on any atom is 0.471 e. The number of rotatable bonds is 7. The molecule has 1 fully saturated rings. The van der Waals surface area contributed by atoms with E-state index in [9.17, 15) is 47.2 Å². The number of hydrogen-bond acceptors (Lipinski definition) is 14. The van der Waals surface area contributed by atoms with Crippen molar-refractivity contribution >= 4 is 35.6 Å². The highest BCUT2D eigenvalue weighted by molar-refractivity contribution is 6.04. The van der Waals surface area contributed by atoms with Gasteiger partial charge in [-0.25, -0.2) is 0 Å². The number of likely N-dealkylation sites (N-methyl/N-ethyl adjacent to an activating group) is 1. The van der Waals surface area contributed by atoms with Gasteiger partial charge in [0.25, 0.3) is 5.91 Å². The second kappa shape index (κ2) is 15.2. The summed E-state index contributed by atoms with van der Waals surface area (Å²) >= 11 is 0.